The third-order valence-corrected chi connectivity index (χ3v) is 32.9. The summed E-state index contributed by atoms with van der Waals surface area (Å²) in [6.45, 7) is 0. The van der Waals surface area contributed by atoms with Crippen molar-refractivity contribution in [3.63, 3.8) is 0 Å². The Hall–Kier alpha value is -5.61. The van der Waals surface area contributed by atoms with Gasteiger partial charge in [-0.3, -0.25) is 0 Å². The number of rotatable bonds is 12. The molecule has 0 aliphatic heterocycles. The van der Waals surface area contributed by atoms with Crippen molar-refractivity contribution in [2.75, 3.05) is 0 Å². The van der Waals surface area contributed by atoms with Gasteiger partial charge in [-0.25, -0.2) is 0 Å². The number of aliphatic imine (C=N–C) groups is 2. The van der Waals surface area contributed by atoms with Crippen LogP contribution in [0, 0.1) is 0 Å². The van der Waals surface area contributed by atoms with E-state index in [2.05, 4.69) is 192 Å². The van der Waals surface area contributed by atoms with Crippen LogP contribution in [0.1, 0.15) is 11.1 Å². The van der Waals surface area contributed by atoms with Crippen LogP contribution < -0.4 is 27.6 Å². The maximum absolute atomic E-state index is 7.45. The molecule has 0 N–H and O–H groups in total. The van der Waals surface area contributed by atoms with Gasteiger partial charge >= 0.3 is 358 Å². The molecule has 0 spiro atoms. The molecule has 0 aromatic heterocycles. The van der Waals surface area contributed by atoms with Crippen LogP contribution in [0.3, 0.4) is 0 Å². The first kappa shape index (κ1) is 39.2. The van der Waals surface area contributed by atoms with Gasteiger partial charge in [0.15, 0.2) is 0 Å². The SMILES string of the molecule is S=C(N=Cc1ccccc1[O][Sn]([c]1ccccc1)([c]1ccccc1)[c]1ccccc1)N=Cc1ccccc1[O][Sn]([c]1ccccc1)([c]1ccccc1)[c]1ccccc1. The van der Waals surface area contributed by atoms with Crippen LogP contribution in [0.4, 0.5) is 0 Å². The van der Waals surface area contributed by atoms with E-state index in [1.807, 2.05) is 48.5 Å². The molecule has 0 radical (unpaired) electrons. The van der Waals surface area contributed by atoms with Crippen molar-refractivity contribution in [3.8, 4) is 11.5 Å². The van der Waals surface area contributed by atoms with E-state index in [-0.39, 0.29) is 5.11 Å². The fourth-order valence-corrected chi connectivity index (χ4v) is 29.5. The molecule has 0 bridgehead atoms. The Morgan fingerprint density at radius 3 is 0.810 bits per heavy atom. The molecule has 0 saturated carbocycles. The van der Waals surface area contributed by atoms with Gasteiger partial charge in [0.2, 0.25) is 0 Å². The van der Waals surface area contributed by atoms with Crippen LogP contribution in [0.25, 0.3) is 0 Å². The Kier molecular flexibility index (Phi) is 12.7. The molecule has 0 saturated heterocycles. The van der Waals surface area contributed by atoms with E-state index in [9.17, 15) is 0 Å². The van der Waals surface area contributed by atoms with E-state index in [4.69, 9.17) is 18.4 Å². The van der Waals surface area contributed by atoms with Crippen LogP contribution in [0.15, 0.2) is 241 Å². The molecule has 0 amide bonds. The minimum atomic E-state index is -4.12. The molecule has 7 heteroatoms. The van der Waals surface area contributed by atoms with Crippen molar-refractivity contribution < 1.29 is 6.15 Å². The molecule has 0 aliphatic carbocycles. The zero-order chi connectivity index (χ0) is 39.5. The van der Waals surface area contributed by atoms with Gasteiger partial charge in [0.05, 0.1) is 0 Å². The van der Waals surface area contributed by atoms with Gasteiger partial charge in [-0.2, -0.15) is 0 Å². The van der Waals surface area contributed by atoms with E-state index in [0.29, 0.717) is 0 Å². The second kappa shape index (κ2) is 18.8. The molecule has 0 heterocycles. The summed E-state index contributed by atoms with van der Waals surface area (Å²) in [5.74, 6) is 1.49. The Bertz CT molecular complexity index is 2250. The second-order valence-corrected chi connectivity index (χ2v) is 32.8. The third kappa shape index (κ3) is 8.48. The molecular weight excluding hydrogens is 942 g/mol. The van der Waals surface area contributed by atoms with Crippen LogP contribution >= 0.6 is 12.2 Å². The van der Waals surface area contributed by atoms with E-state index in [1.54, 1.807) is 12.4 Å². The third-order valence-electron chi connectivity index (χ3n) is 10.1. The number of nitrogens with zero attached hydrogens (tertiary/aromatic N) is 2. The topological polar surface area (TPSA) is 43.2 Å². The molecule has 280 valence electrons. The van der Waals surface area contributed by atoms with Gasteiger partial charge in [0.25, 0.3) is 0 Å². The Morgan fingerprint density at radius 2 is 0.552 bits per heavy atom. The van der Waals surface area contributed by atoms with Crippen LogP contribution in [-0.2, 0) is 0 Å². The minimum absolute atomic E-state index is 0.192. The first-order valence-electron chi connectivity index (χ1n) is 19.2. The maximum atomic E-state index is 7.45. The van der Waals surface area contributed by atoms with E-state index < -0.39 is 37.6 Å². The summed E-state index contributed by atoms with van der Waals surface area (Å²) in [4.78, 5) is 9.38. The number of thiocarbonyl (C=S) groups is 1. The standard InChI is InChI=1S/C15H12N2O2S.6C6H5.2Sn/c18-13-7-3-1-5-11(13)9-16-15(20)17-10-12-6-2-4-8-14(12)19;6*1-2-4-6-5-3-1;;/h1-10,18-19H;6*1-5H;;/q;;;;;;;2*+1/p-2. The molecule has 0 fully saturated rings. The van der Waals surface area contributed by atoms with Crippen molar-refractivity contribution in [2.24, 2.45) is 9.98 Å². The monoisotopic (exact) mass is 984 g/mol. The average Bonchev–Trinajstić information content (AvgIpc) is 3.31. The molecule has 4 nitrogen and oxygen atoms in total. The van der Waals surface area contributed by atoms with Crippen molar-refractivity contribution >= 4 is 88.8 Å². The molecule has 8 aromatic rings. The molecule has 58 heavy (non-hydrogen) atoms. The van der Waals surface area contributed by atoms with Crippen molar-refractivity contribution in [2.45, 2.75) is 0 Å². The Morgan fingerprint density at radius 1 is 0.328 bits per heavy atom. The summed E-state index contributed by atoms with van der Waals surface area (Å²) >= 11 is -2.47. The molecule has 0 aliphatic rings. The summed E-state index contributed by atoms with van der Waals surface area (Å²) in [7, 11) is 0. The second-order valence-electron chi connectivity index (χ2n) is 13.6. The zero-order valence-electron chi connectivity index (χ0n) is 31.7. The molecule has 0 unspecified atom stereocenters. The number of benzene rings is 8. The van der Waals surface area contributed by atoms with E-state index >= 15 is 0 Å². The predicted octanol–water partition coefficient (Wildman–Crippen LogP) is 7.60. The van der Waals surface area contributed by atoms with Gasteiger partial charge in [0.1, 0.15) is 0 Å². The summed E-state index contributed by atoms with van der Waals surface area (Å²) in [6, 6.07) is 79.9. The fraction of sp³-hybridized carbons (Fsp3) is 0. The summed E-state index contributed by atoms with van der Waals surface area (Å²) in [5, 5.41) is 0.192. The van der Waals surface area contributed by atoms with Gasteiger partial charge < -0.3 is 0 Å². The van der Waals surface area contributed by atoms with E-state index in [0.717, 1.165) is 22.6 Å². The van der Waals surface area contributed by atoms with Crippen molar-refractivity contribution in [1.29, 1.82) is 0 Å². The molecule has 8 aromatic carbocycles. The van der Waals surface area contributed by atoms with Crippen molar-refractivity contribution in [1.82, 2.24) is 0 Å². The first-order valence-corrected chi connectivity index (χ1v) is 30.5. The van der Waals surface area contributed by atoms with Gasteiger partial charge in [-0.05, 0) is 0 Å². The fourth-order valence-electron chi connectivity index (χ4n) is 7.36. The van der Waals surface area contributed by atoms with Gasteiger partial charge in [-0.15, -0.1) is 0 Å². The first-order chi connectivity index (χ1) is 28.7. The van der Waals surface area contributed by atoms with Gasteiger partial charge in [0, 0.05) is 0 Å². The van der Waals surface area contributed by atoms with Crippen LogP contribution in [-0.4, -0.2) is 55.1 Å². The van der Waals surface area contributed by atoms with E-state index in [1.165, 1.54) is 21.5 Å². The summed E-state index contributed by atoms with van der Waals surface area (Å²) in [5.41, 5.74) is 1.64. The molecule has 0 atom stereocenters. The average molecular weight is 982 g/mol. The van der Waals surface area contributed by atoms with Crippen LogP contribution in [0.5, 0.6) is 11.5 Å². The van der Waals surface area contributed by atoms with Gasteiger partial charge in [-0.1, -0.05) is 0 Å². The van der Waals surface area contributed by atoms with Crippen molar-refractivity contribution in [3.05, 3.63) is 242 Å². The molecular formula is C51H40N2O2SSn2. The number of hydrogen-bond donors (Lipinski definition) is 0. The Labute approximate surface area is 355 Å². The predicted molar refractivity (Wildman–Crippen MR) is 250 cm³/mol. The summed E-state index contributed by atoms with van der Waals surface area (Å²) in [6.07, 6.45) is 3.52. The number of para-hydroxylation sites is 2. The summed E-state index contributed by atoms with van der Waals surface area (Å²) < 4.78 is 22.2. The number of hydrogen-bond acceptors (Lipinski definition) is 3. The zero-order valence-corrected chi connectivity index (χ0v) is 38.2. The normalized spacial score (nSPS) is 11.7. The quantitative estimate of drug-likeness (QED) is 0.0721. The van der Waals surface area contributed by atoms with Crippen LogP contribution in [0.2, 0.25) is 0 Å². The Balaban J connectivity index is 1.12. The molecule has 8 rings (SSSR count).